The minimum atomic E-state index is -4.59. The van der Waals surface area contributed by atoms with Gasteiger partial charge in [0, 0.05) is 23.8 Å². The number of aliphatic hydroxyl groups excluding tert-OH is 1. The molecule has 2 atom stereocenters. The number of carbonyl (C=O) groups is 1. The van der Waals surface area contributed by atoms with Gasteiger partial charge in [0.05, 0.1) is 24.9 Å². The minimum absolute atomic E-state index is 0.115. The smallest absolute Gasteiger partial charge is 0.394 e. The summed E-state index contributed by atoms with van der Waals surface area (Å²) >= 11 is 0. The van der Waals surface area contributed by atoms with Gasteiger partial charge in [-0.2, -0.15) is 13.2 Å². The molecule has 1 aliphatic heterocycles. The van der Waals surface area contributed by atoms with Gasteiger partial charge in [0.25, 0.3) is 0 Å². The number of hydrogen-bond acceptors (Lipinski definition) is 4. The van der Waals surface area contributed by atoms with Crippen LogP contribution in [0.5, 0.6) is 0 Å². The van der Waals surface area contributed by atoms with Gasteiger partial charge in [0.1, 0.15) is 0 Å². The molecule has 7 heteroatoms. The Balaban J connectivity index is 2.37. The summed E-state index contributed by atoms with van der Waals surface area (Å²) in [7, 11) is 0. The number of carbonyl (C=O) groups excluding carboxylic acids is 1. The highest BCUT2D eigenvalue weighted by atomic mass is 19.4. The molecule has 0 aliphatic carbocycles. The molecule has 0 aromatic heterocycles. The van der Waals surface area contributed by atoms with Crippen molar-refractivity contribution in [2.24, 2.45) is 0 Å². The summed E-state index contributed by atoms with van der Waals surface area (Å²) in [6.07, 6.45) is -4.81. The fourth-order valence-electron chi connectivity index (χ4n) is 2.36. The highest BCUT2D eigenvalue weighted by Crippen LogP contribution is 2.35. The van der Waals surface area contributed by atoms with Gasteiger partial charge in [-0.05, 0) is 25.1 Å². The average Bonchev–Trinajstić information content (AvgIpc) is 2.46. The van der Waals surface area contributed by atoms with Crippen molar-refractivity contribution in [3.63, 3.8) is 0 Å². The Morgan fingerprint density at radius 2 is 2.19 bits per heavy atom. The molecule has 1 aromatic carbocycles. The standard InChI is InChI=1S/C14H16F3NO3/c1-9-8-21-12(7-20)5-18(9)11-3-2-10(6-19)13(4-11)14(15,16)17/h2-4,6,9,12,20H,5,7-8H2,1H3. The second kappa shape index (κ2) is 6.03. The van der Waals surface area contributed by atoms with Gasteiger partial charge in [0.2, 0.25) is 0 Å². The molecule has 0 spiro atoms. The molecule has 116 valence electrons. The van der Waals surface area contributed by atoms with Crippen LogP contribution in [0.15, 0.2) is 18.2 Å². The normalized spacial score (nSPS) is 23.2. The molecule has 1 N–H and O–H groups in total. The first-order chi connectivity index (χ1) is 9.86. The Morgan fingerprint density at radius 3 is 2.76 bits per heavy atom. The van der Waals surface area contributed by atoms with Crippen LogP contribution >= 0.6 is 0 Å². The first kappa shape index (κ1) is 15.8. The number of morpholine rings is 1. The summed E-state index contributed by atoms with van der Waals surface area (Å²) in [5.74, 6) is 0. The van der Waals surface area contributed by atoms with Crippen LogP contribution in [-0.2, 0) is 10.9 Å². The van der Waals surface area contributed by atoms with E-state index in [9.17, 15) is 18.0 Å². The molecule has 0 bridgehead atoms. The van der Waals surface area contributed by atoms with Crippen molar-refractivity contribution in [3.8, 4) is 0 Å². The number of benzene rings is 1. The van der Waals surface area contributed by atoms with Gasteiger partial charge >= 0.3 is 6.18 Å². The Hall–Kier alpha value is -1.60. The van der Waals surface area contributed by atoms with E-state index in [0.717, 1.165) is 6.07 Å². The molecule has 4 nitrogen and oxygen atoms in total. The van der Waals surface area contributed by atoms with Crippen molar-refractivity contribution in [2.75, 3.05) is 24.7 Å². The maximum absolute atomic E-state index is 13.0. The maximum atomic E-state index is 13.0. The van der Waals surface area contributed by atoms with Crippen LogP contribution < -0.4 is 4.90 Å². The molecule has 1 heterocycles. The number of halogens is 3. The molecule has 2 rings (SSSR count). The molecule has 21 heavy (non-hydrogen) atoms. The van der Waals surface area contributed by atoms with Crippen LogP contribution in [0.4, 0.5) is 18.9 Å². The summed E-state index contributed by atoms with van der Waals surface area (Å²) in [6.45, 7) is 2.26. The number of alkyl halides is 3. The van der Waals surface area contributed by atoms with E-state index in [0.29, 0.717) is 18.8 Å². The van der Waals surface area contributed by atoms with Crippen LogP contribution in [0.25, 0.3) is 0 Å². The zero-order valence-electron chi connectivity index (χ0n) is 11.4. The third-order valence-electron chi connectivity index (χ3n) is 3.51. The molecule has 1 aromatic rings. The van der Waals surface area contributed by atoms with E-state index in [2.05, 4.69) is 0 Å². The van der Waals surface area contributed by atoms with Crippen molar-refractivity contribution in [1.82, 2.24) is 0 Å². The van der Waals surface area contributed by atoms with Crippen molar-refractivity contribution in [1.29, 1.82) is 0 Å². The summed E-state index contributed by atoms with van der Waals surface area (Å²) in [5.41, 5.74) is -0.970. The van der Waals surface area contributed by atoms with Crippen LogP contribution in [-0.4, -0.2) is 43.3 Å². The Morgan fingerprint density at radius 1 is 1.48 bits per heavy atom. The van der Waals surface area contributed by atoms with Crippen molar-refractivity contribution < 1.29 is 27.8 Å². The number of aldehydes is 1. The molecular weight excluding hydrogens is 287 g/mol. The summed E-state index contributed by atoms with van der Waals surface area (Å²) in [4.78, 5) is 12.5. The van der Waals surface area contributed by atoms with E-state index in [1.807, 2.05) is 6.92 Å². The predicted octanol–water partition coefficient (Wildman–Crippen LogP) is 2.10. The van der Waals surface area contributed by atoms with Gasteiger partial charge in [-0.15, -0.1) is 0 Å². The number of rotatable bonds is 3. The van der Waals surface area contributed by atoms with E-state index < -0.39 is 17.8 Å². The highest BCUT2D eigenvalue weighted by molar-refractivity contribution is 5.79. The van der Waals surface area contributed by atoms with Crippen molar-refractivity contribution in [3.05, 3.63) is 29.3 Å². The molecule has 1 fully saturated rings. The topological polar surface area (TPSA) is 49.8 Å². The number of anilines is 1. The lowest BCUT2D eigenvalue weighted by Gasteiger charge is -2.39. The Bertz CT molecular complexity index is 519. The molecular formula is C14H16F3NO3. The summed E-state index contributed by atoms with van der Waals surface area (Å²) in [6, 6.07) is 3.51. The van der Waals surface area contributed by atoms with E-state index in [1.165, 1.54) is 12.1 Å². The van der Waals surface area contributed by atoms with E-state index in [-0.39, 0.29) is 24.5 Å². The SMILES string of the molecule is CC1COC(CO)CN1c1ccc(C=O)c(C(F)(F)F)c1. The lowest BCUT2D eigenvalue weighted by Crippen LogP contribution is -2.49. The van der Waals surface area contributed by atoms with Gasteiger partial charge in [-0.3, -0.25) is 4.79 Å². The fourth-order valence-corrected chi connectivity index (χ4v) is 2.36. The number of ether oxygens (including phenoxy) is 1. The first-order valence-corrected chi connectivity index (χ1v) is 6.52. The first-order valence-electron chi connectivity index (χ1n) is 6.52. The van der Waals surface area contributed by atoms with Crippen LogP contribution in [0.3, 0.4) is 0 Å². The Labute approximate surface area is 120 Å². The zero-order valence-corrected chi connectivity index (χ0v) is 11.4. The third-order valence-corrected chi connectivity index (χ3v) is 3.51. The monoisotopic (exact) mass is 303 g/mol. The molecule has 1 aliphatic rings. The molecule has 1 saturated heterocycles. The van der Waals surface area contributed by atoms with Gasteiger partial charge in [-0.25, -0.2) is 0 Å². The second-order valence-corrected chi connectivity index (χ2v) is 5.03. The highest BCUT2D eigenvalue weighted by Gasteiger charge is 2.35. The van der Waals surface area contributed by atoms with Gasteiger partial charge in [-0.1, -0.05) is 0 Å². The lowest BCUT2D eigenvalue weighted by atomic mass is 10.0. The van der Waals surface area contributed by atoms with E-state index in [4.69, 9.17) is 9.84 Å². The molecule has 0 saturated carbocycles. The number of aliphatic hydroxyl groups is 1. The second-order valence-electron chi connectivity index (χ2n) is 5.03. The van der Waals surface area contributed by atoms with Gasteiger partial charge < -0.3 is 14.7 Å². The molecule has 0 radical (unpaired) electrons. The quantitative estimate of drug-likeness (QED) is 0.869. The van der Waals surface area contributed by atoms with Gasteiger partial charge in [0.15, 0.2) is 6.29 Å². The van der Waals surface area contributed by atoms with E-state index in [1.54, 1.807) is 4.90 Å². The minimum Gasteiger partial charge on any atom is -0.394 e. The largest absolute Gasteiger partial charge is 0.417 e. The fraction of sp³-hybridized carbons (Fsp3) is 0.500. The summed E-state index contributed by atoms with van der Waals surface area (Å²) < 4.78 is 44.3. The number of hydrogen-bond donors (Lipinski definition) is 1. The lowest BCUT2D eigenvalue weighted by molar-refractivity contribution is -0.137. The maximum Gasteiger partial charge on any atom is 0.417 e. The number of nitrogens with zero attached hydrogens (tertiary/aromatic N) is 1. The summed E-state index contributed by atoms with van der Waals surface area (Å²) in [5, 5.41) is 9.13. The zero-order chi connectivity index (χ0) is 15.6. The average molecular weight is 303 g/mol. The van der Waals surface area contributed by atoms with E-state index >= 15 is 0 Å². The van der Waals surface area contributed by atoms with Crippen molar-refractivity contribution >= 4 is 12.0 Å². The van der Waals surface area contributed by atoms with Crippen LogP contribution in [0.2, 0.25) is 0 Å². The Kier molecular flexibility index (Phi) is 4.53. The van der Waals surface area contributed by atoms with Crippen molar-refractivity contribution in [2.45, 2.75) is 25.2 Å². The van der Waals surface area contributed by atoms with Crippen LogP contribution in [0, 0.1) is 0 Å². The van der Waals surface area contributed by atoms with Crippen LogP contribution in [0.1, 0.15) is 22.8 Å². The third kappa shape index (κ3) is 3.36. The molecule has 2 unspecified atom stereocenters. The predicted molar refractivity (Wildman–Crippen MR) is 70.5 cm³/mol. The molecule has 0 amide bonds.